The number of hydrogen-bond donors (Lipinski definition) is 1. The van der Waals surface area contributed by atoms with Crippen LogP contribution in [-0.2, 0) is 9.53 Å². The van der Waals surface area contributed by atoms with Gasteiger partial charge >= 0.3 is 5.97 Å². The lowest BCUT2D eigenvalue weighted by Gasteiger charge is -2.44. The van der Waals surface area contributed by atoms with Gasteiger partial charge in [0.15, 0.2) is 0 Å². The smallest absolute Gasteiger partial charge is 0.331 e. The van der Waals surface area contributed by atoms with E-state index in [-0.39, 0.29) is 11.4 Å². The maximum absolute atomic E-state index is 12.6. The summed E-state index contributed by atoms with van der Waals surface area (Å²) < 4.78 is 5.35. The first-order valence-electron chi connectivity index (χ1n) is 7.58. The van der Waals surface area contributed by atoms with Crippen LogP contribution in [0.1, 0.15) is 46.5 Å². The summed E-state index contributed by atoms with van der Waals surface area (Å²) in [4.78, 5) is 12.6. The lowest BCUT2D eigenvalue weighted by molar-refractivity contribution is -0.151. The van der Waals surface area contributed by atoms with E-state index in [1.807, 2.05) is 31.2 Å². The van der Waals surface area contributed by atoms with E-state index in [0.29, 0.717) is 11.6 Å². The molecular formula is C17H24ClNO2. The minimum absolute atomic E-state index is 0.110. The van der Waals surface area contributed by atoms with Crippen molar-refractivity contribution in [3.05, 3.63) is 29.3 Å². The summed E-state index contributed by atoms with van der Waals surface area (Å²) in [5, 5.41) is 4.03. The van der Waals surface area contributed by atoms with Gasteiger partial charge in [-0.25, -0.2) is 4.79 Å². The van der Waals surface area contributed by atoms with Gasteiger partial charge < -0.3 is 10.1 Å². The molecule has 0 amide bonds. The molecule has 1 unspecified atom stereocenters. The first-order chi connectivity index (χ1) is 9.88. The first-order valence-corrected chi connectivity index (χ1v) is 7.96. The van der Waals surface area contributed by atoms with E-state index in [1.165, 1.54) is 0 Å². The molecule has 1 saturated carbocycles. The van der Waals surface area contributed by atoms with Crippen molar-refractivity contribution in [2.45, 2.75) is 52.0 Å². The van der Waals surface area contributed by atoms with Crippen LogP contribution in [0, 0.1) is 5.41 Å². The molecule has 0 heterocycles. The van der Waals surface area contributed by atoms with Gasteiger partial charge in [0.25, 0.3) is 0 Å². The predicted octanol–water partition coefficient (Wildman–Crippen LogP) is 4.65. The number of ether oxygens (including phenoxy) is 1. The van der Waals surface area contributed by atoms with Crippen molar-refractivity contribution in [3.63, 3.8) is 0 Å². The Bertz CT molecular complexity index is 515. The van der Waals surface area contributed by atoms with Crippen molar-refractivity contribution < 1.29 is 9.53 Å². The van der Waals surface area contributed by atoms with Crippen molar-refractivity contribution in [1.29, 1.82) is 0 Å². The summed E-state index contributed by atoms with van der Waals surface area (Å²) in [7, 11) is 0. The molecule has 1 N–H and O–H groups in total. The number of nitrogens with one attached hydrogen (secondary N) is 1. The number of rotatable bonds is 4. The second kappa shape index (κ2) is 6.27. The fourth-order valence-electron chi connectivity index (χ4n) is 3.28. The van der Waals surface area contributed by atoms with Gasteiger partial charge in [0.05, 0.1) is 17.3 Å². The minimum Gasteiger partial charge on any atom is -0.464 e. The van der Waals surface area contributed by atoms with Gasteiger partial charge in [-0.05, 0) is 50.2 Å². The molecule has 4 heteroatoms. The van der Waals surface area contributed by atoms with E-state index < -0.39 is 5.54 Å². The second-order valence-corrected chi connectivity index (χ2v) is 7.01. The van der Waals surface area contributed by atoms with Crippen LogP contribution in [0.2, 0.25) is 5.02 Å². The molecular weight excluding hydrogens is 286 g/mol. The first kappa shape index (κ1) is 16.2. The van der Waals surface area contributed by atoms with Crippen molar-refractivity contribution in [2.75, 3.05) is 11.9 Å². The Morgan fingerprint density at radius 3 is 2.67 bits per heavy atom. The maximum atomic E-state index is 12.6. The highest BCUT2D eigenvalue weighted by molar-refractivity contribution is 6.33. The SMILES string of the molecule is CCOC(=O)C1(Nc2ccccc2Cl)CCCC(C)(C)C1. The summed E-state index contributed by atoms with van der Waals surface area (Å²) in [6.07, 6.45) is 3.66. The number of halogens is 1. The third-order valence-corrected chi connectivity index (χ3v) is 4.48. The quantitative estimate of drug-likeness (QED) is 0.822. The molecule has 0 aliphatic heterocycles. The molecule has 0 aromatic heterocycles. The zero-order valence-corrected chi connectivity index (χ0v) is 13.8. The molecule has 0 spiro atoms. The third kappa shape index (κ3) is 3.70. The van der Waals surface area contributed by atoms with E-state index in [9.17, 15) is 4.79 Å². The summed E-state index contributed by atoms with van der Waals surface area (Å²) in [6.45, 7) is 6.64. The van der Waals surface area contributed by atoms with E-state index in [1.54, 1.807) is 0 Å². The fourth-order valence-corrected chi connectivity index (χ4v) is 3.47. The van der Waals surface area contributed by atoms with Gasteiger partial charge in [-0.3, -0.25) is 0 Å². The van der Waals surface area contributed by atoms with Gasteiger partial charge in [0.1, 0.15) is 5.54 Å². The van der Waals surface area contributed by atoms with Crippen molar-refractivity contribution in [2.24, 2.45) is 5.41 Å². The lowest BCUT2D eigenvalue weighted by atomic mass is 9.68. The van der Waals surface area contributed by atoms with E-state index in [0.717, 1.165) is 31.4 Å². The van der Waals surface area contributed by atoms with Crippen LogP contribution in [-0.4, -0.2) is 18.1 Å². The molecule has 1 aromatic carbocycles. The zero-order valence-electron chi connectivity index (χ0n) is 13.0. The fraction of sp³-hybridized carbons (Fsp3) is 0.588. The molecule has 0 bridgehead atoms. The summed E-state index contributed by atoms with van der Waals surface area (Å²) in [5.41, 5.74) is 0.229. The normalized spacial score (nSPS) is 24.4. The maximum Gasteiger partial charge on any atom is 0.331 e. The van der Waals surface area contributed by atoms with Gasteiger partial charge in [0, 0.05) is 0 Å². The highest BCUT2D eigenvalue weighted by Crippen LogP contribution is 2.44. The number of hydrogen-bond acceptors (Lipinski definition) is 3. The Hall–Kier alpha value is -1.22. The molecule has 0 radical (unpaired) electrons. The highest BCUT2D eigenvalue weighted by Gasteiger charge is 2.47. The molecule has 116 valence electrons. The average molecular weight is 310 g/mol. The molecule has 1 atom stereocenters. The summed E-state index contributed by atoms with van der Waals surface area (Å²) in [6, 6.07) is 7.54. The van der Waals surface area contributed by atoms with Gasteiger partial charge in [-0.15, -0.1) is 0 Å². The molecule has 2 rings (SSSR count). The standard InChI is InChI=1S/C17H24ClNO2/c1-4-21-15(20)17(11-7-10-16(2,3)12-17)19-14-9-6-5-8-13(14)18/h5-6,8-9,19H,4,7,10-12H2,1-3H3. The Morgan fingerprint density at radius 2 is 2.05 bits per heavy atom. The van der Waals surface area contributed by atoms with Crippen LogP contribution in [0.5, 0.6) is 0 Å². The van der Waals surface area contributed by atoms with Crippen LogP contribution in [0.3, 0.4) is 0 Å². The predicted molar refractivity (Wildman–Crippen MR) is 86.7 cm³/mol. The van der Waals surface area contributed by atoms with E-state index in [4.69, 9.17) is 16.3 Å². The topological polar surface area (TPSA) is 38.3 Å². The number of carbonyl (C=O) groups excluding carboxylic acids is 1. The van der Waals surface area contributed by atoms with Crippen molar-refractivity contribution in [3.8, 4) is 0 Å². The monoisotopic (exact) mass is 309 g/mol. The Balaban J connectivity index is 2.32. The zero-order chi connectivity index (χ0) is 15.5. The molecule has 1 aliphatic rings. The van der Waals surface area contributed by atoms with Crippen LogP contribution in [0.25, 0.3) is 0 Å². The van der Waals surface area contributed by atoms with E-state index >= 15 is 0 Å². The second-order valence-electron chi connectivity index (χ2n) is 6.60. The van der Waals surface area contributed by atoms with Crippen LogP contribution in [0.15, 0.2) is 24.3 Å². The Kier molecular flexibility index (Phi) is 4.82. The van der Waals surface area contributed by atoms with Crippen LogP contribution < -0.4 is 5.32 Å². The molecule has 1 fully saturated rings. The number of benzene rings is 1. The number of carbonyl (C=O) groups is 1. The van der Waals surface area contributed by atoms with E-state index in [2.05, 4.69) is 19.2 Å². The number of esters is 1. The molecule has 1 aromatic rings. The highest BCUT2D eigenvalue weighted by atomic mass is 35.5. The molecule has 1 aliphatic carbocycles. The number of anilines is 1. The van der Waals surface area contributed by atoms with Crippen LogP contribution >= 0.6 is 11.6 Å². The lowest BCUT2D eigenvalue weighted by Crippen LogP contribution is -2.52. The third-order valence-electron chi connectivity index (χ3n) is 4.15. The number of para-hydroxylation sites is 1. The van der Waals surface area contributed by atoms with Crippen molar-refractivity contribution >= 4 is 23.3 Å². The Labute approximate surface area is 132 Å². The van der Waals surface area contributed by atoms with Crippen molar-refractivity contribution in [1.82, 2.24) is 0 Å². The van der Waals surface area contributed by atoms with Gasteiger partial charge in [0.2, 0.25) is 0 Å². The van der Waals surface area contributed by atoms with Gasteiger partial charge in [-0.1, -0.05) is 37.6 Å². The minimum atomic E-state index is -0.678. The summed E-state index contributed by atoms with van der Waals surface area (Å²) in [5.74, 6) is -0.169. The molecule has 21 heavy (non-hydrogen) atoms. The average Bonchev–Trinajstić information content (AvgIpc) is 2.40. The Morgan fingerprint density at radius 1 is 1.33 bits per heavy atom. The summed E-state index contributed by atoms with van der Waals surface area (Å²) >= 11 is 6.24. The molecule has 0 saturated heterocycles. The largest absolute Gasteiger partial charge is 0.464 e. The van der Waals surface area contributed by atoms with Gasteiger partial charge in [-0.2, -0.15) is 0 Å². The van der Waals surface area contributed by atoms with Crippen LogP contribution in [0.4, 0.5) is 5.69 Å². The molecule has 3 nitrogen and oxygen atoms in total.